The summed E-state index contributed by atoms with van der Waals surface area (Å²) in [4.78, 5) is 21.9. The van der Waals surface area contributed by atoms with Crippen LogP contribution in [0.25, 0.3) is 0 Å². The first-order chi connectivity index (χ1) is 12.7. The van der Waals surface area contributed by atoms with E-state index in [0.717, 1.165) is 12.1 Å². The van der Waals surface area contributed by atoms with Crippen molar-refractivity contribution in [3.63, 3.8) is 0 Å². The van der Waals surface area contributed by atoms with Gasteiger partial charge in [0.05, 0.1) is 4.92 Å². The van der Waals surface area contributed by atoms with Gasteiger partial charge < -0.3 is 15.4 Å². The Morgan fingerprint density at radius 3 is 2.44 bits per heavy atom. The number of rotatable bonds is 8. The monoisotopic (exact) mass is 383 g/mol. The number of nitro groups is 1. The van der Waals surface area contributed by atoms with Gasteiger partial charge in [-0.2, -0.15) is 0 Å². The first kappa shape index (κ1) is 20.0. The maximum Gasteiger partial charge on any atom is 0.573 e. The Bertz CT molecular complexity index is 795. The summed E-state index contributed by atoms with van der Waals surface area (Å²) in [7, 11) is 0. The Labute approximate surface area is 152 Å². The van der Waals surface area contributed by atoms with Crippen molar-refractivity contribution in [3.05, 3.63) is 58.6 Å². The third kappa shape index (κ3) is 7.22. The van der Waals surface area contributed by atoms with Crippen molar-refractivity contribution in [1.29, 1.82) is 0 Å². The number of amides is 1. The van der Waals surface area contributed by atoms with Gasteiger partial charge in [-0.3, -0.25) is 14.9 Å². The summed E-state index contributed by atoms with van der Waals surface area (Å²) in [5.74, 6) is -0.773. The number of nitro benzene ring substituents is 1. The number of hydrogen-bond donors (Lipinski definition) is 2. The highest BCUT2D eigenvalue weighted by atomic mass is 19.4. The Balaban J connectivity index is 1.74. The van der Waals surface area contributed by atoms with Crippen LogP contribution in [0.3, 0.4) is 0 Å². The maximum absolute atomic E-state index is 12.2. The van der Waals surface area contributed by atoms with Gasteiger partial charge in [0.2, 0.25) is 5.91 Å². The number of nitrogens with one attached hydrogen (secondary N) is 2. The van der Waals surface area contributed by atoms with Crippen LogP contribution in [0.5, 0.6) is 5.75 Å². The highest BCUT2D eigenvalue weighted by molar-refractivity contribution is 5.90. The number of hydrogen-bond acceptors (Lipinski definition) is 5. The van der Waals surface area contributed by atoms with Crippen LogP contribution in [0.1, 0.15) is 12.8 Å². The molecule has 0 aliphatic carbocycles. The average Bonchev–Trinajstić information content (AvgIpc) is 2.58. The molecule has 2 rings (SSSR count). The predicted octanol–water partition coefficient (Wildman–Crippen LogP) is 4.32. The van der Waals surface area contributed by atoms with E-state index in [1.165, 1.54) is 24.3 Å². The zero-order valence-corrected chi connectivity index (χ0v) is 14.0. The van der Waals surface area contributed by atoms with E-state index in [2.05, 4.69) is 15.4 Å². The molecule has 0 saturated carbocycles. The lowest BCUT2D eigenvalue weighted by Gasteiger charge is -2.11. The molecular formula is C17H16F3N3O4. The highest BCUT2D eigenvalue weighted by Crippen LogP contribution is 2.25. The van der Waals surface area contributed by atoms with E-state index in [9.17, 15) is 28.1 Å². The third-order valence-electron chi connectivity index (χ3n) is 3.34. The van der Waals surface area contributed by atoms with Crippen molar-refractivity contribution in [2.24, 2.45) is 0 Å². The molecule has 2 N–H and O–H groups in total. The van der Waals surface area contributed by atoms with Gasteiger partial charge in [-0.05, 0) is 30.7 Å². The summed E-state index contributed by atoms with van der Waals surface area (Å²) >= 11 is 0. The molecule has 0 aliphatic rings. The molecule has 0 spiro atoms. The van der Waals surface area contributed by atoms with Crippen LogP contribution >= 0.6 is 0 Å². The molecule has 0 aliphatic heterocycles. The summed E-state index contributed by atoms with van der Waals surface area (Å²) in [5.41, 5.74) is 0.861. The molecule has 144 valence electrons. The van der Waals surface area contributed by atoms with Crippen molar-refractivity contribution >= 4 is 23.0 Å². The van der Waals surface area contributed by atoms with E-state index in [1.54, 1.807) is 12.1 Å². The maximum atomic E-state index is 12.2. The van der Waals surface area contributed by atoms with Crippen LogP contribution in [0.4, 0.5) is 30.2 Å². The molecule has 2 aromatic rings. The molecule has 0 radical (unpaired) electrons. The summed E-state index contributed by atoms with van der Waals surface area (Å²) < 4.78 is 40.4. The fraction of sp³-hybridized carbons (Fsp3) is 0.235. The number of anilines is 2. The largest absolute Gasteiger partial charge is 0.573 e. The number of alkyl halides is 3. The Kier molecular flexibility index (Phi) is 6.58. The van der Waals surface area contributed by atoms with Gasteiger partial charge in [0.1, 0.15) is 5.75 Å². The number of nitrogens with zero attached hydrogens (tertiary/aromatic N) is 1. The second-order valence-corrected chi connectivity index (χ2v) is 5.46. The highest BCUT2D eigenvalue weighted by Gasteiger charge is 2.31. The minimum absolute atomic E-state index is 0.0170. The summed E-state index contributed by atoms with van der Waals surface area (Å²) in [5, 5.41) is 16.1. The molecule has 0 atom stereocenters. The number of benzene rings is 2. The van der Waals surface area contributed by atoms with Crippen molar-refractivity contribution in [1.82, 2.24) is 0 Å². The number of ether oxygens (including phenoxy) is 1. The summed E-state index contributed by atoms with van der Waals surface area (Å²) in [6.07, 6.45) is -4.20. The number of carbonyl (C=O) groups excluding carboxylic acids is 1. The third-order valence-corrected chi connectivity index (χ3v) is 3.34. The quantitative estimate of drug-likeness (QED) is 0.402. The van der Waals surface area contributed by atoms with Crippen LogP contribution in [0.15, 0.2) is 48.5 Å². The van der Waals surface area contributed by atoms with Gasteiger partial charge in [-0.15, -0.1) is 13.2 Å². The number of halogens is 3. The first-order valence-corrected chi connectivity index (χ1v) is 7.87. The zero-order valence-electron chi connectivity index (χ0n) is 14.0. The van der Waals surface area contributed by atoms with Gasteiger partial charge in [-0.1, -0.05) is 6.07 Å². The second-order valence-electron chi connectivity index (χ2n) is 5.46. The molecular weight excluding hydrogens is 367 g/mol. The Morgan fingerprint density at radius 2 is 1.81 bits per heavy atom. The molecule has 0 aromatic heterocycles. The average molecular weight is 383 g/mol. The Hall–Kier alpha value is -3.30. The van der Waals surface area contributed by atoms with Gasteiger partial charge in [0, 0.05) is 42.5 Å². The minimum atomic E-state index is -4.80. The lowest BCUT2D eigenvalue weighted by Crippen LogP contribution is -2.17. The first-order valence-electron chi connectivity index (χ1n) is 7.87. The Morgan fingerprint density at radius 1 is 1.11 bits per heavy atom. The summed E-state index contributed by atoms with van der Waals surface area (Å²) in [6.45, 7) is 0.447. The van der Waals surface area contributed by atoms with E-state index in [0.29, 0.717) is 18.7 Å². The molecule has 2 aromatic carbocycles. The smallest absolute Gasteiger partial charge is 0.406 e. The van der Waals surface area contributed by atoms with Crippen LogP contribution in [0.2, 0.25) is 0 Å². The van der Waals surface area contributed by atoms with Crippen LogP contribution in [-0.4, -0.2) is 23.7 Å². The van der Waals surface area contributed by atoms with Crippen LogP contribution < -0.4 is 15.4 Å². The lowest BCUT2D eigenvalue weighted by molar-refractivity contribution is -0.384. The fourth-order valence-corrected chi connectivity index (χ4v) is 2.18. The van der Waals surface area contributed by atoms with E-state index < -0.39 is 17.0 Å². The van der Waals surface area contributed by atoms with Crippen LogP contribution in [-0.2, 0) is 4.79 Å². The minimum Gasteiger partial charge on any atom is -0.406 e. The molecule has 27 heavy (non-hydrogen) atoms. The van der Waals surface area contributed by atoms with E-state index >= 15 is 0 Å². The van der Waals surface area contributed by atoms with E-state index in [4.69, 9.17) is 0 Å². The molecule has 0 bridgehead atoms. The second kappa shape index (κ2) is 8.88. The normalized spacial score (nSPS) is 10.9. The molecule has 0 unspecified atom stereocenters. The molecule has 7 nitrogen and oxygen atoms in total. The molecule has 0 saturated heterocycles. The fourth-order valence-electron chi connectivity index (χ4n) is 2.18. The van der Waals surface area contributed by atoms with Gasteiger partial charge in [-0.25, -0.2) is 0 Å². The van der Waals surface area contributed by atoms with Gasteiger partial charge in [0.15, 0.2) is 0 Å². The van der Waals surface area contributed by atoms with Crippen molar-refractivity contribution < 1.29 is 27.6 Å². The lowest BCUT2D eigenvalue weighted by atomic mass is 10.2. The number of carbonyl (C=O) groups is 1. The standard InChI is InChI=1S/C17H16F3N3O4/c18-17(19,20)27-15-4-1-3-13(11-15)22-16(24)5-2-10-21-12-6-8-14(9-7-12)23(25)26/h1,3-4,6-9,11,21H,2,5,10H2,(H,22,24). The molecule has 0 fully saturated rings. The van der Waals surface area contributed by atoms with Gasteiger partial charge in [0.25, 0.3) is 5.69 Å². The summed E-state index contributed by atoms with van der Waals surface area (Å²) in [6, 6.07) is 10.9. The van der Waals surface area contributed by atoms with Crippen LogP contribution in [0, 0.1) is 10.1 Å². The van der Waals surface area contributed by atoms with Crippen molar-refractivity contribution in [2.45, 2.75) is 19.2 Å². The molecule has 10 heteroatoms. The number of non-ortho nitro benzene ring substituents is 1. The topological polar surface area (TPSA) is 93.5 Å². The zero-order chi connectivity index (χ0) is 19.9. The predicted molar refractivity (Wildman–Crippen MR) is 92.6 cm³/mol. The molecule has 0 heterocycles. The van der Waals surface area contributed by atoms with Crippen molar-refractivity contribution in [2.75, 3.05) is 17.2 Å². The van der Waals surface area contributed by atoms with E-state index in [-0.39, 0.29) is 23.7 Å². The SMILES string of the molecule is O=C(CCCNc1ccc([N+](=O)[O-])cc1)Nc1cccc(OC(F)(F)F)c1. The van der Waals surface area contributed by atoms with Gasteiger partial charge >= 0.3 is 6.36 Å². The molecule has 1 amide bonds. The van der Waals surface area contributed by atoms with Crippen molar-refractivity contribution in [3.8, 4) is 5.75 Å². The van der Waals surface area contributed by atoms with E-state index in [1.807, 2.05) is 0 Å².